The van der Waals surface area contributed by atoms with Crippen molar-refractivity contribution in [3.05, 3.63) is 65.0 Å². The van der Waals surface area contributed by atoms with Gasteiger partial charge in [-0.05, 0) is 44.2 Å². The Balaban J connectivity index is 1.61. The molecule has 0 radical (unpaired) electrons. The zero-order chi connectivity index (χ0) is 25.8. The number of nitrogens with zero attached hydrogens (tertiary/aromatic N) is 2. The maximum atomic E-state index is 12.4. The van der Waals surface area contributed by atoms with Crippen molar-refractivity contribution in [2.24, 2.45) is 0 Å². The normalized spacial score (nSPS) is 11.2. The fourth-order valence-electron chi connectivity index (χ4n) is 3.05. The van der Waals surface area contributed by atoms with Gasteiger partial charge < -0.3 is 15.5 Å². The van der Waals surface area contributed by atoms with E-state index >= 15 is 0 Å². The van der Waals surface area contributed by atoms with Crippen LogP contribution in [0.1, 0.15) is 34.6 Å². The first kappa shape index (κ1) is 26.0. The first-order valence-electron chi connectivity index (χ1n) is 10.7. The van der Waals surface area contributed by atoms with Crippen LogP contribution in [0.15, 0.2) is 58.8 Å². The molecule has 0 aliphatic heterocycles. The van der Waals surface area contributed by atoms with Crippen LogP contribution in [-0.2, 0) is 14.6 Å². The Bertz CT molecular complexity index is 1360. The lowest BCUT2D eigenvalue weighted by Crippen LogP contribution is -2.33. The summed E-state index contributed by atoms with van der Waals surface area (Å²) in [5.74, 6) is -1.18. The molecule has 184 valence electrons. The number of amides is 3. The largest absolute Gasteiger partial charge is 0.345 e. The third-order valence-corrected chi connectivity index (χ3v) is 7.93. The smallest absolute Gasteiger partial charge is 0.253 e. The molecule has 0 atom stereocenters. The molecular formula is C24H26N4O5S2. The van der Waals surface area contributed by atoms with Crippen molar-refractivity contribution in [2.75, 3.05) is 26.0 Å². The second-order valence-corrected chi connectivity index (χ2v) is 11.5. The topological polar surface area (TPSA) is 126 Å². The van der Waals surface area contributed by atoms with Gasteiger partial charge in [-0.25, -0.2) is 13.4 Å². The molecule has 3 rings (SSSR count). The predicted molar refractivity (Wildman–Crippen MR) is 135 cm³/mol. The van der Waals surface area contributed by atoms with E-state index in [2.05, 4.69) is 15.6 Å². The van der Waals surface area contributed by atoms with Crippen molar-refractivity contribution in [3.63, 3.8) is 0 Å². The molecule has 0 aliphatic carbocycles. The monoisotopic (exact) mass is 514 g/mol. The number of rotatable bonds is 8. The third-order valence-electron chi connectivity index (χ3n) is 5.02. The predicted octanol–water partition coefficient (Wildman–Crippen LogP) is 3.06. The molecule has 3 aromatic rings. The number of hydrogen-bond acceptors (Lipinski definition) is 7. The molecule has 0 spiro atoms. The highest BCUT2D eigenvalue weighted by Gasteiger charge is 2.20. The lowest BCUT2D eigenvalue weighted by atomic mass is 10.1. The summed E-state index contributed by atoms with van der Waals surface area (Å²) in [6, 6.07) is 12.7. The van der Waals surface area contributed by atoms with Gasteiger partial charge in [-0.1, -0.05) is 18.2 Å². The minimum atomic E-state index is -3.52. The average Bonchev–Trinajstić information content (AvgIpc) is 3.30. The molecule has 0 fully saturated rings. The maximum Gasteiger partial charge on any atom is 0.253 e. The van der Waals surface area contributed by atoms with E-state index in [0.29, 0.717) is 16.4 Å². The van der Waals surface area contributed by atoms with Gasteiger partial charge in [0.1, 0.15) is 0 Å². The second kappa shape index (κ2) is 10.8. The van der Waals surface area contributed by atoms with E-state index in [1.54, 1.807) is 51.5 Å². The first-order valence-corrected chi connectivity index (χ1v) is 13.1. The Morgan fingerprint density at radius 2 is 1.71 bits per heavy atom. The summed E-state index contributed by atoms with van der Waals surface area (Å²) in [4.78, 5) is 42.9. The van der Waals surface area contributed by atoms with E-state index in [-0.39, 0.29) is 22.9 Å². The number of thiazole rings is 1. The van der Waals surface area contributed by atoms with Gasteiger partial charge in [0.2, 0.25) is 5.91 Å². The van der Waals surface area contributed by atoms with Crippen LogP contribution >= 0.6 is 11.3 Å². The molecule has 0 unspecified atom stereocenters. The molecule has 0 saturated carbocycles. The Kier molecular flexibility index (Phi) is 8.03. The SMILES string of the molecule is CC(C)S(=O)(=O)c1cccc(C(=O)NCC(=O)Nc2nc(-c3cccc(C(=O)N(C)C)c3)cs2)c1. The number of carbonyl (C=O) groups excluding carboxylic acids is 3. The molecule has 2 N–H and O–H groups in total. The Morgan fingerprint density at radius 1 is 1.03 bits per heavy atom. The van der Waals surface area contributed by atoms with Crippen LogP contribution < -0.4 is 10.6 Å². The van der Waals surface area contributed by atoms with E-state index < -0.39 is 26.9 Å². The van der Waals surface area contributed by atoms with Crippen LogP contribution in [0.3, 0.4) is 0 Å². The Labute approximate surface area is 208 Å². The summed E-state index contributed by atoms with van der Waals surface area (Å²) in [5, 5.41) is 6.59. The summed E-state index contributed by atoms with van der Waals surface area (Å²) in [6.07, 6.45) is 0. The zero-order valence-electron chi connectivity index (χ0n) is 19.7. The lowest BCUT2D eigenvalue weighted by Gasteiger charge is -2.10. The Morgan fingerprint density at radius 3 is 2.40 bits per heavy atom. The number of anilines is 1. The van der Waals surface area contributed by atoms with Crippen molar-refractivity contribution in [2.45, 2.75) is 24.0 Å². The highest BCUT2D eigenvalue weighted by Crippen LogP contribution is 2.26. The zero-order valence-corrected chi connectivity index (χ0v) is 21.4. The Hall–Kier alpha value is -3.57. The summed E-state index contributed by atoms with van der Waals surface area (Å²) < 4.78 is 24.7. The van der Waals surface area contributed by atoms with E-state index in [4.69, 9.17) is 0 Å². The molecule has 2 aromatic carbocycles. The number of carbonyl (C=O) groups is 3. The second-order valence-electron chi connectivity index (χ2n) is 8.17. The molecule has 11 heteroatoms. The molecule has 0 saturated heterocycles. The first-order chi connectivity index (χ1) is 16.5. The molecule has 1 heterocycles. The van der Waals surface area contributed by atoms with Crippen molar-refractivity contribution in [1.29, 1.82) is 0 Å². The molecular weight excluding hydrogens is 488 g/mol. The van der Waals surface area contributed by atoms with E-state index in [1.807, 2.05) is 6.07 Å². The highest BCUT2D eigenvalue weighted by atomic mass is 32.2. The summed E-state index contributed by atoms with van der Waals surface area (Å²) in [5.41, 5.74) is 2.01. The quantitative estimate of drug-likeness (QED) is 0.476. The van der Waals surface area contributed by atoms with Gasteiger partial charge >= 0.3 is 0 Å². The van der Waals surface area contributed by atoms with Gasteiger partial charge in [0.25, 0.3) is 11.8 Å². The minimum Gasteiger partial charge on any atom is -0.345 e. The van der Waals surface area contributed by atoms with E-state index in [0.717, 1.165) is 5.56 Å². The summed E-state index contributed by atoms with van der Waals surface area (Å²) >= 11 is 1.21. The van der Waals surface area contributed by atoms with Gasteiger partial charge in [-0.15, -0.1) is 11.3 Å². The number of hydrogen-bond donors (Lipinski definition) is 2. The lowest BCUT2D eigenvalue weighted by molar-refractivity contribution is -0.115. The molecule has 0 bridgehead atoms. The van der Waals surface area contributed by atoms with Crippen LogP contribution in [0.4, 0.5) is 5.13 Å². The average molecular weight is 515 g/mol. The van der Waals surface area contributed by atoms with Crippen LogP contribution in [0, 0.1) is 0 Å². The van der Waals surface area contributed by atoms with Gasteiger partial charge in [0, 0.05) is 36.2 Å². The van der Waals surface area contributed by atoms with Crippen LogP contribution in [0.2, 0.25) is 0 Å². The summed E-state index contributed by atoms with van der Waals surface area (Å²) in [6.45, 7) is 2.81. The fraction of sp³-hybridized carbons (Fsp3) is 0.250. The standard InChI is InChI=1S/C24H26N4O5S2/c1-15(2)35(32,33)19-10-6-8-17(12-19)22(30)25-13-21(29)27-24-26-20(14-34-24)16-7-5-9-18(11-16)23(31)28(3)4/h5-12,14-15H,13H2,1-4H3,(H,25,30)(H,26,27,29). The number of aromatic nitrogens is 1. The number of nitrogens with one attached hydrogen (secondary N) is 2. The molecule has 1 aromatic heterocycles. The van der Waals surface area contributed by atoms with Crippen LogP contribution in [0.5, 0.6) is 0 Å². The van der Waals surface area contributed by atoms with Crippen molar-refractivity contribution in [3.8, 4) is 11.3 Å². The van der Waals surface area contributed by atoms with Gasteiger partial charge in [-0.3, -0.25) is 14.4 Å². The molecule has 35 heavy (non-hydrogen) atoms. The van der Waals surface area contributed by atoms with E-state index in [9.17, 15) is 22.8 Å². The third kappa shape index (κ3) is 6.31. The highest BCUT2D eigenvalue weighted by molar-refractivity contribution is 7.92. The van der Waals surface area contributed by atoms with Crippen LogP contribution in [-0.4, -0.2) is 61.9 Å². The number of sulfone groups is 1. The van der Waals surface area contributed by atoms with Crippen molar-refractivity contribution in [1.82, 2.24) is 15.2 Å². The minimum absolute atomic E-state index is 0.0521. The molecule has 3 amide bonds. The van der Waals surface area contributed by atoms with Crippen molar-refractivity contribution >= 4 is 44.0 Å². The van der Waals surface area contributed by atoms with Crippen LogP contribution in [0.25, 0.3) is 11.3 Å². The van der Waals surface area contributed by atoms with Gasteiger partial charge in [-0.2, -0.15) is 0 Å². The fourth-order valence-corrected chi connectivity index (χ4v) is 4.89. The number of benzene rings is 2. The van der Waals surface area contributed by atoms with Gasteiger partial charge in [0.05, 0.1) is 22.4 Å². The molecule has 0 aliphatic rings. The van der Waals surface area contributed by atoms with Crippen molar-refractivity contribution < 1.29 is 22.8 Å². The summed E-state index contributed by atoms with van der Waals surface area (Å²) in [7, 11) is -0.174. The maximum absolute atomic E-state index is 12.4. The molecule has 9 nitrogen and oxygen atoms in total. The van der Waals surface area contributed by atoms with Gasteiger partial charge in [0.15, 0.2) is 15.0 Å². The van der Waals surface area contributed by atoms with E-state index in [1.165, 1.54) is 40.5 Å².